The van der Waals surface area contributed by atoms with Crippen LogP contribution < -0.4 is 5.76 Å². The molecule has 25 heavy (non-hydrogen) atoms. The third-order valence-electron chi connectivity index (χ3n) is 5.91. The zero-order chi connectivity index (χ0) is 17.2. The van der Waals surface area contributed by atoms with E-state index < -0.39 is 0 Å². The molecule has 2 fully saturated rings. The lowest BCUT2D eigenvalue weighted by Crippen LogP contribution is -2.49. The predicted molar refractivity (Wildman–Crippen MR) is 96.4 cm³/mol. The van der Waals surface area contributed by atoms with Crippen molar-refractivity contribution in [3.63, 3.8) is 0 Å². The summed E-state index contributed by atoms with van der Waals surface area (Å²) in [7, 11) is 0. The van der Waals surface area contributed by atoms with E-state index in [0.717, 1.165) is 18.5 Å². The number of oxazole rings is 1. The Hall–Kier alpha value is -2.04. The van der Waals surface area contributed by atoms with Gasteiger partial charge in [-0.2, -0.15) is 0 Å². The summed E-state index contributed by atoms with van der Waals surface area (Å²) in [5.74, 6) is 0.642. The minimum Gasteiger partial charge on any atom is -0.408 e. The number of benzene rings is 1. The van der Waals surface area contributed by atoms with Gasteiger partial charge in [0.2, 0.25) is 5.91 Å². The first kappa shape index (κ1) is 16.4. The van der Waals surface area contributed by atoms with Gasteiger partial charge >= 0.3 is 5.76 Å². The number of fused-ring (bicyclic) bond motifs is 2. The molecule has 134 valence electrons. The van der Waals surface area contributed by atoms with Crippen LogP contribution >= 0.6 is 0 Å². The van der Waals surface area contributed by atoms with Crippen LogP contribution in [0.25, 0.3) is 11.1 Å². The smallest absolute Gasteiger partial charge is 0.408 e. The number of hydrogen-bond acceptors (Lipinski definition) is 3. The van der Waals surface area contributed by atoms with Gasteiger partial charge in [0.15, 0.2) is 5.58 Å². The highest BCUT2D eigenvalue weighted by Crippen LogP contribution is 2.35. The van der Waals surface area contributed by atoms with Crippen molar-refractivity contribution >= 4 is 17.0 Å². The second-order valence-electron chi connectivity index (χ2n) is 7.43. The molecule has 2 aromatic rings. The Morgan fingerprint density at radius 2 is 1.92 bits per heavy atom. The number of carbonyl (C=O) groups excluding carboxylic acids is 1. The van der Waals surface area contributed by atoms with Crippen molar-refractivity contribution in [2.45, 2.75) is 64.0 Å². The van der Waals surface area contributed by atoms with Gasteiger partial charge in [0.25, 0.3) is 0 Å². The second kappa shape index (κ2) is 7.06. The molecule has 1 saturated heterocycles. The van der Waals surface area contributed by atoms with Gasteiger partial charge in [-0.3, -0.25) is 9.36 Å². The van der Waals surface area contributed by atoms with Gasteiger partial charge < -0.3 is 9.32 Å². The summed E-state index contributed by atoms with van der Waals surface area (Å²) in [6.45, 7) is 1.44. The number of nitrogens with zero attached hydrogens (tertiary/aromatic N) is 2. The van der Waals surface area contributed by atoms with Crippen molar-refractivity contribution in [1.82, 2.24) is 9.47 Å². The van der Waals surface area contributed by atoms with Gasteiger partial charge in [-0.25, -0.2) is 4.79 Å². The molecule has 4 rings (SSSR count). The summed E-state index contributed by atoms with van der Waals surface area (Å²) in [6, 6.07) is 7.91. The average Bonchev–Trinajstić information content (AvgIpc) is 2.96. The van der Waals surface area contributed by atoms with E-state index in [0.29, 0.717) is 36.9 Å². The Labute approximate surface area is 147 Å². The number of aromatic nitrogens is 1. The van der Waals surface area contributed by atoms with E-state index in [9.17, 15) is 9.59 Å². The van der Waals surface area contributed by atoms with Crippen molar-refractivity contribution < 1.29 is 9.21 Å². The van der Waals surface area contributed by atoms with Crippen molar-refractivity contribution in [1.29, 1.82) is 0 Å². The van der Waals surface area contributed by atoms with Crippen molar-refractivity contribution in [2.75, 3.05) is 6.54 Å². The molecule has 1 saturated carbocycles. The first-order valence-electron chi connectivity index (χ1n) is 9.62. The van der Waals surface area contributed by atoms with Crippen LogP contribution in [0.4, 0.5) is 0 Å². The fourth-order valence-electron chi connectivity index (χ4n) is 4.69. The van der Waals surface area contributed by atoms with E-state index in [4.69, 9.17) is 4.42 Å². The molecule has 2 heterocycles. The maximum Gasteiger partial charge on any atom is 0.419 e. The first-order valence-corrected chi connectivity index (χ1v) is 9.62. The van der Waals surface area contributed by atoms with Crippen LogP contribution in [0.3, 0.4) is 0 Å². The average molecular weight is 342 g/mol. The van der Waals surface area contributed by atoms with Gasteiger partial charge in [-0.1, -0.05) is 25.0 Å². The Bertz CT molecular complexity index is 805. The highest BCUT2D eigenvalue weighted by Gasteiger charge is 2.35. The van der Waals surface area contributed by atoms with Crippen LogP contribution in [-0.2, 0) is 11.3 Å². The molecule has 0 spiro atoms. The molecule has 2 atom stereocenters. The number of hydrogen-bond donors (Lipinski definition) is 0. The largest absolute Gasteiger partial charge is 0.419 e. The molecule has 1 aromatic carbocycles. The molecule has 0 bridgehead atoms. The molecule has 2 aliphatic rings. The normalized spacial score (nSPS) is 23.6. The summed E-state index contributed by atoms with van der Waals surface area (Å²) in [5, 5.41) is 0. The van der Waals surface area contributed by atoms with E-state index in [1.807, 2.05) is 18.2 Å². The fourth-order valence-corrected chi connectivity index (χ4v) is 4.69. The second-order valence-corrected chi connectivity index (χ2v) is 7.43. The van der Waals surface area contributed by atoms with E-state index in [-0.39, 0.29) is 11.7 Å². The van der Waals surface area contributed by atoms with E-state index in [2.05, 4.69) is 4.90 Å². The molecule has 0 radical (unpaired) electrons. The minimum atomic E-state index is -0.334. The first-order chi connectivity index (χ1) is 12.2. The molecular weight excluding hydrogens is 316 g/mol. The van der Waals surface area contributed by atoms with Crippen molar-refractivity contribution in [2.24, 2.45) is 5.92 Å². The topological polar surface area (TPSA) is 55.5 Å². The molecular formula is C20H26N2O3. The number of carbonyl (C=O) groups is 1. The lowest BCUT2D eigenvalue weighted by Gasteiger charge is -2.44. The summed E-state index contributed by atoms with van der Waals surface area (Å²) < 4.78 is 6.90. The molecule has 1 aliphatic heterocycles. The fraction of sp³-hybridized carbons (Fsp3) is 0.600. The molecule has 1 aliphatic carbocycles. The molecule has 0 N–H and O–H groups in total. The lowest BCUT2D eigenvalue weighted by atomic mass is 9.78. The Morgan fingerprint density at radius 3 is 2.84 bits per heavy atom. The predicted octanol–water partition coefficient (Wildman–Crippen LogP) is 3.56. The molecule has 1 amide bonds. The van der Waals surface area contributed by atoms with E-state index >= 15 is 0 Å². The van der Waals surface area contributed by atoms with E-state index in [1.54, 1.807) is 10.6 Å². The maximum atomic E-state index is 12.7. The molecule has 5 nitrogen and oxygen atoms in total. The highest BCUT2D eigenvalue weighted by atomic mass is 16.4. The lowest BCUT2D eigenvalue weighted by molar-refractivity contribution is -0.137. The summed E-state index contributed by atoms with van der Waals surface area (Å²) >= 11 is 0. The SMILES string of the molecule is O=C(CCCn1c(=O)oc2ccccc21)N1CCCC2CCCCC21. The molecule has 5 heteroatoms. The van der Waals surface area contributed by atoms with Gasteiger partial charge in [0.1, 0.15) is 0 Å². The zero-order valence-corrected chi connectivity index (χ0v) is 14.7. The zero-order valence-electron chi connectivity index (χ0n) is 14.7. The number of likely N-dealkylation sites (tertiary alicyclic amines) is 1. The number of piperidine rings is 1. The molecule has 2 unspecified atom stereocenters. The minimum absolute atomic E-state index is 0.262. The summed E-state index contributed by atoms with van der Waals surface area (Å²) in [4.78, 5) is 26.9. The van der Waals surface area contributed by atoms with Gasteiger partial charge in [-0.05, 0) is 50.2 Å². The summed E-state index contributed by atoms with van der Waals surface area (Å²) in [5.41, 5.74) is 1.42. The summed E-state index contributed by atoms with van der Waals surface area (Å²) in [6.07, 6.45) is 8.63. The van der Waals surface area contributed by atoms with Crippen molar-refractivity contribution in [3.8, 4) is 0 Å². The quantitative estimate of drug-likeness (QED) is 0.854. The maximum absolute atomic E-state index is 12.7. The van der Waals surface area contributed by atoms with E-state index in [1.165, 1.54) is 32.1 Å². The number of amides is 1. The number of para-hydroxylation sites is 2. The van der Waals surface area contributed by atoms with Crippen LogP contribution in [0.1, 0.15) is 51.4 Å². The molecule has 1 aromatic heterocycles. The third-order valence-corrected chi connectivity index (χ3v) is 5.91. The van der Waals surface area contributed by atoms with Gasteiger partial charge in [-0.15, -0.1) is 0 Å². The van der Waals surface area contributed by atoms with Crippen LogP contribution in [0.5, 0.6) is 0 Å². The monoisotopic (exact) mass is 342 g/mol. The van der Waals surface area contributed by atoms with Crippen molar-refractivity contribution in [3.05, 3.63) is 34.8 Å². The van der Waals surface area contributed by atoms with Crippen LogP contribution in [-0.4, -0.2) is 28.0 Å². The van der Waals surface area contributed by atoms with Crippen LogP contribution in [0.15, 0.2) is 33.5 Å². The van der Waals surface area contributed by atoms with Crippen LogP contribution in [0.2, 0.25) is 0 Å². The van der Waals surface area contributed by atoms with Gasteiger partial charge in [0, 0.05) is 25.6 Å². The third kappa shape index (κ3) is 3.24. The Balaban J connectivity index is 1.38. The number of rotatable bonds is 4. The Kier molecular flexibility index (Phi) is 4.64. The number of aryl methyl sites for hydroxylation is 1. The standard InChI is InChI=1S/C20H26N2O3/c23-19(21-13-5-8-15-7-1-2-9-16(15)21)12-6-14-22-17-10-3-4-11-18(17)25-20(22)24/h3-4,10-11,15-16H,1-2,5-9,12-14H2. The van der Waals surface area contributed by atoms with Gasteiger partial charge in [0.05, 0.1) is 5.52 Å². The Morgan fingerprint density at radius 1 is 1.12 bits per heavy atom. The highest BCUT2D eigenvalue weighted by molar-refractivity contribution is 5.76. The van der Waals surface area contributed by atoms with Crippen LogP contribution in [0, 0.1) is 5.92 Å².